The molecule has 6 fully saturated rings. The standard InChI is InChI=1S/C19H28O4/c20-17-16(22-23-18(21-17)15-4-2-1-3-5-15)19-9-12-6-13(10-19)8-14(7-12)11-19/h12-16,18H,1-11H2/t12?,13?,14?,16-,18+,19?/m0/s1. The second-order valence-corrected chi connectivity index (χ2v) is 9.06. The number of carbonyl (C=O) groups is 1. The lowest BCUT2D eigenvalue weighted by atomic mass is 9.48. The zero-order valence-corrected chi connectivity index (χ0v) is 13.9. The molecular weight excluding hydrogens is 292 g/mol. The molecule has 128 valence electrons. The van der Waals surface area contributed by atoms with Crippen LogP contribution in [-0.4, -0.2) is 18.4 Å². The van der Waals surface area contributed by atoms with Crippen LogP contribution in [0.15, 0.2) is 0 Å². The molecule has 0 aromatic rings. The van der Waals surface area contributed by atoms with E-state index < -0.39 is 12.4 Å². The quantitative estimate of drug-likeness (QED) is 0.570. The summed E-state index contributed by atoms with van der Waals surface area (Å²) >= 11 is 0. The number of hydrogen-bond acceptors (Lipinski definition) is 4. The molecule has 0 aromatic heterocycles. The van der Waals surface area contributed by atoms with Gasteiger partial charge in [-0.2, -0.15) is 4.89 Å². The van der Waals surface area contributed by atoms with Crippen LogP contribution >= 0.6 is 0 Å². The van der Waals surface area contributed by atoms with Gasteiger partial charge in [0.2, 0.25) is 6.29 Å². The Bertz CT molecular complexity index is 446. The summed E-state index contributed by atoms with van der Waals surface area (Å²) in [5, 5.41) is 0. The first-order chi connectivity index (χ1) is 11.2. The highest BCUT2D eigenvalue weighted by molar-refractivity contribution is 5.76. The van der Waals surface area contributed by atoms with Crippen molar-refractivity contribution in [2.24, 2.45) is 29.1 Å². The molecular formula is C19H28O4. The Balaban J connectivity index is 1.30. The first-order valence-corrected chi connectivity index (χ1v) is 9.74. The van der Waals surface area contributed by atoms with E-state index >= 15 is 0 Å². The molecule has 1 aliphatic heterocycles. The van der Waals surface area contributed by atoms with Crippen molar-refractivity contribution in [3.05, 3.63) is 0 Å². The fourth-order valence-corrected chi connectivity index (χ4v) is 6.78. The van der Waals surface area contributed by atoms with E-state index in [-0.39, 0.29) is 11.4 Å². The van der Waals surface area contributed by atoms with E-state index in [4.69, 9.17) is 14.5 Å². The minimum absolute atomic E-state index is 0.00334. The SMILES string of the molecule is O=C1O[C@@H](C2CCCCC2)OO[C@@H]1C12CC3CC(CC(C3)C1)C2. The third-order valence-electron chi connectivity index (χ3n) is 7.37. The van der Waals surface area contributed by atoms with E-state index in [9.17, 15) is 4.79 Å². The topological polar surface area (TPSA) is 44.8 Å². The maximum atomic E-state index is 12.7. The second-order valence-electron chi connectivity index (χ2n) is 9.06. The lowest BCUT2D eigenvalue weighted by molar-refractivity contribution is -0.441. The van der Waals surface area contributed by atoms with Crippen molar-refractivity contribution in [2.45, 2.75) is 83.0 Å². The Morgan fingerprint density at radius 2 is 1.43 bits per heavy atom. The summed E-state index contributed by atoms with van der Waals surface area (Å²) in [6.07, 6.45) is 12.4. The number of ether oxygens (including phenoxy) is 1. The van der Waals surface area contributed by atoms with Gasteiger partial charge in [-0.3, -0.25) is 0 Å². The average Bonchev–Trinajstić information content (AvgIpc) is 2.54. The molecule has 6 rings (SSSR count). The van der Waals surface area contributed by atoms with Gasteiger partial charge >= 0.3 is 5.97 Å². The normalized spacial score (nSPS) is 50.1. The van der Waals surface area contributed by atoms with Crippen molar-refractivity contribution >= 4 is 5.97 Å². The molecule has 5 saturated carbocycles. The number of carbonyl (C=O) groups excluding carboxylic acids is 1. The average molecular weight is 320 g/mol. The maximum Gasteiger partial charge on any atom is 0.341 e. The number of rotatable bonds is 2. The Morgan fingerprint density at radius 3 is 2.00 bits per heavy atom. The van der Waals surface area contributed by atoms with Gasteiger partial charge in [-0.15, -0.1) is 0 Å². The molecule has 0 unspecified atom stereocenters. The lowest BCUT2D eigenvalue weighted by Crippen LogP contribution is -2.57. The number of cyclic esters (lactones) is 1. The first-order valence-electron chi connectivity index (χ1n) is 9.74. The molecule has 0 amide bonds. The van der Waals surface area contributed by atoms with Crippen molar-refractivity contribution in [1.29, 1.82) is 0 Å². The van der Waals surface area contributed by atoms with Crippen LogP contribution in [0, 0.1) is 29.1 Å². The molecule has 1 saturated heterocycles. The van der Waals surface area contributed by atoms with E-state index in [0.717, 1.165) is 49.9 Å². The van der Waals surface area contributed by atoms with Crippen molar-refractivity contribution in [3.63, 3.8) is 0 Å². The summed E-state index contributed by atoms with van der Waals surface area (Å²) in [6.45, 7) is 0. The van der Waals surface area contributed by atoms with Gasteiger partial charge in [0.25, 0.3) is 0 Å². The Morgan fingerprint density at radius 1 is 0.826 bits per heavy atom. The van der Waals surface area contributed by atoms with Crippen LogP contribution in [0.5, 0.6) is 0 Å². The van der Waals surface area contributed by atoms with E-state index in [1.54, 1.807) is 0 Å². The minimum atomic E-state index is -0.476. The molecule has 2 atom stereocenters. The maximum absolute atomic E-state index is 12.7. The highest BCUT2D eigenvalue weighted by Crippen LogP contribution is 2.62. The Labute approximate surface area is 138 Å². The van der Waals surface area contributed by atoms with Crippen LogP contribution in [0.2, 0.25) is 0 Å². The summed E-state index contributed by atoms with van der Waals surface area (Å²) < 4.78 is 5.74. The predicted octanol–water partition coefficient (Wildman–Crippen LogP) is 3.98. The molecule has 5 aliphatic carbocycles. The van der Waals surface area contributed by atoms with Crippen LogP contribution in [0.4, 0.5) is 0 Å². The van der Waals surface area contributed by atoms with Crippen molar-refractivity contribution < 1.29 is 19.3 Å². The zero-order chi connectivity index (χ0) is 15.4. The molecule has 4 nitrogen and oxygen atoms in total. The molecule has 0 N–H and O–H groups in total. The van der Waals surface area contributed by atoms with E-state index in [0.29, 0.717) is 5.92 Å². The molecule has 4 bridgehead atoms. The van der Waals surface area contributed by atoms with Gasteiger partial charge in [-0.05, 0) is 69.1 Å². The van der Waals surface area contributed by atoms with Crippen molar-refractivity contribution in [3.8, 4) is 0 Å². The zero-order valence-electron chi connectivity index (χ0n) is 13.9. The molecule has 6 aliphatic rings. The van der Waals surface area contributed by atoms with E-state index in [1.807, 2.05) is 0 Å². The monoisotopic (exact) mass is 320 g/mol. The van der Waals surface area contributed by atoms with Gasteiger partial charge in [0.15, 0.2) is 6.10 Å². The smallest absolute Gasteiger partial charge is 0.341 e. The van der Waals surface area contributed by atoms with Gasteiger partial charge in [0.1, 0.15) is 0 Å². The Hall–Kier alpha value is -0.610. The summed E-state index contributed by atoms with van der Waals surface area (Å²) in [5.41, 5.74) is 0.00334. The van der Waals surface area contributed by atoms with Crippen LogP contribution < -0.4 is 0 Å². The van der Waals surface area contributed by atoms with Gasteiger partial charge in [-0.25, -0.2) is 9.68 Å². The second kappa shape index (κ2) is 5.45. The predicted molar refractivity (Wildman–Crippen MR) is 83.0 cm³/mol. The van der Waals surface area contributed by atoms with Gasteiger partial charge in [-0.1, -0.05) is 19.3 Å². The minimum Gasteiger partial charge on any atom is -0.431 e. The van der Waals surface area contributed by atoms with E-state index in [2.05, 4.69) is 0 Å². The van der Waals surface area contributed by atoms with Crippen molar-refractivity contribution in [2.75, 3.05) is 0 Å². The lowest BCUT2D eigenvalue weighted by Gasteiger charge is -2.58. The number of esters is 1. The van der Waals surface area contributed by atoms with Crippen LogP contribution in [0.1, 0.15) is 70.6 Å². The molecule has 4 heteroatoms. The molecule has 0 spiro atoms. The summed E-state index contributed by atoms with van der Waals surface area (Å²) in [7, 11) is 0. The summed E-state index contributed by atoms with van der Waals surface area (Å²) in [6, 6.07) is 0. The van der Waals surface area contributed by atoms with Gasteiger partial charge in [0, 0.05) is 11.3 Å². The Kier molecular flexibility index (Phi) is 3.49. The van der Waals surface area contributed by atoms with Crippen LogP contribution in [0.3, 0.4) is 0 Å². The number of hydrogen-bond donors (Lipinski definition) is 0. The first kappa shape index (κ1) is 14.7. The molecule has 1 heterocycles. The summed E-state index contributed by atoms with van der Waals surface area (Å²) in [4.78, 5) is 24.1. The highest BCUT2D eigenvalue weighted by atomic mass is 17.2. The van der Waals surface area contributed by atoms with Gasteiger partial charge in [0.05, 0.1) is 0 Å². The van der Waals surface area contributed by atoms with Crippen molar-refractivity contribution in [1.82, 2.24) is 0 Å². The largest absolute Gasteiger partial charge is 0.431 e. The molecule has 0 aromatic carbocycles. The third kappa shape index (κ3) is 2.44. The summed E-state index contributed by atoms with van der Waals surface area (Å²) in [5.74, 6) is 2.58. The third-order valence-corrected chi connectivity index (χ3v) is 7.37. The fourth-order valence-electron chi connectivity index (χ4n) is 6.78. The molecule has 23 heavy (non-hydrogen) atoms. The highest BCUT2D eigenvalue weighted by Gasteiger charge is 2.59. The van der Waals surface area contributed by atoms with E-state index in [1.165, 1.54) is 38.5 Å². The van der Waals surface area contributed by atoms with Gasteiger partial charge < -0.3 is 4.74 Å². The molecule has 0 radical (unpaired) electrons. The fraction of sp³-hybridized carbons (Fsp3) is 0.947. The van der Waals surface area contributed by atoms with Crippen LogP contribution in [0.25, 0.3) is 0 Å². The van der Waals surface area contributed by atoms with Crippen LogP contribution in [-0.2, 0) is 19.3 Å².